The third-order valence-electron chi connectivity index (χ3n) is 7.12. The minimum absolute atomic E-state index is 0.0970. The predicted octanol–water partition coefficient (Wildman–Crippen LogP) is 5.19. The van der Waals surface area contributed by atoms with Crippen LogP contribution in [0.5, 0.6) is 5.75 Å². The van der Waals surface area contributed by atoms with Crippen molar-refractivity contribution in [2.24, 2.45) is 26.9 Å². The molecule has 10 nitrogen and oxygen atoms in total. The van der Waals surface area contributed by atoms with Crippen molar-refractivity contribution in [3.05, 3.63) is 40.2 Å². The number of hydrogen-bond donors (Lipinski definition) is 1. The highest BCUT2D eigenvalue weighted by atomic mass is 16.6. The molecule has 1 aliphatic carbocycles. The van der Waals surface area contributed by atoms with Gasteiger partial charge in [0, 0.05) is 45.0 Å². The number of rotatable bonds is 17. The summed E-state index contributed by atoms with van der Waals surface area (Å²) in [6, 6.07) is 2.07. The molecule has 1 aromatic heterocycles. The lowest BCUT2D eigenvalue weighted by Gasteiger charge is -2.39. The number of hydrogen-bond acceptors (Lipinski definition) is 9. The number of aromatic nitrogens is 1. The molecule has 2 N–H and O–H groups in total. The lowest BCUT2D eigenvalue weighted by Crippen LogP contribution is -2.43. The summed E-state index contributed by atoms with van der Waals surface area (Å²) >= 11 is 0. The van der Waals surface area contributed by atoms with Crippen molar-refractivity contribution in [2.45, 2.75) is 90.6 Å². The molecule has 0 spiro atoms. The summed E-state index contributed by atoms with van der Waals surface area (Å²) in [5.41, 5.74) is 8.28. The molecule has 0 bridgehead atoms. The molecule has 1 unspecified atom stereocenters. The Morgan fingerprint density at radius 3 is 2.64 bits per heavy atom. The molecule has 1 aliphatic rings. The molecule has 1 heterocycles. The molecule has 216 valence electrons. The number of esters is 1. The van der Waals surface area contributed by atoms with Gasteiger partial charge in [0.25, 0.3) is 0 Å². The molecule has 0 amide bonds. The van der Waals surface area contributed by atoms with E-state index in [1.807, 2.05) is 13.8 Å². The third-order valence-corrected chi connectivity index (χ3v) is 7.12. The highest BCUT2D eigenvalue weighted by Gasteiger charge is 2.43. The number of aryl methyl sites for hydroxylation is 2. The molecule has 0 aliphatic heterocycles. The summed E-state index contributed by atoms with van der Waals surface area (Å²) in [6.07, 6.45) is 12.2. The van der Waals surface area contributed by atoms with Crippen LogP contribution in [-0.2, 0) is 22.4 Å². The van der Waals surface area contributed by atoms with Gasteiger partial charge < -0.3 is 15.2 Å². The van der Waals surface area contributed by atoms with Crippen molar-refractivity contribution >= 4 is 18.0 Å². The number of nitroso groups, excluding NO2 is 1. The topological polar surface area (TPSA) is 132 Å². The fourth-order valence-corrected chi connectivity index (χ4v) is 5.28. The Hall–Kier alpha value is -3.30. The first-order valence-electron chi connectivity index (χ1n) is 14.0. The summed E-state index contributed by atoms with van der Waals surface area (Å²) in [5.74, 6) is 0.917. The summed E-state index contributed by atoms with van der Waals surface area (Å²) in [4.78, 5) is 32.9. The monoisotopic (exact) mass is 542 g/mol. The highest BCUT2D eigenvalue weighted by Crippen LogP contribution is 2.42. The van der Waals surface area contributed by atoms with Crippen LogP contribution in [0.1, 0.15) is 83.4 Å². The molecular weight excluding hydrogens is 496 g/mol. The largest absolute Gasteiger partial charge is 0.492 e. The second-order valence-electron chi connectivity index (χ2n) is 10.1. The Kier molecular flexibility index (Phi) is 13.6. The van der Waals surface area contributed by atoms with Gasteiger partial charge in [-0.3, -0.25) is 19.8 Å². The van der Waals surface area contributed by atoms with Gasteiger partial charge in [-0.25, -0.2) is 0 Å². The van der Waals surface area contributed by atoms with Gasteiger partial charge in [-0.2, -0.15) is 10.0 Å². The van der Waals surface area contributed by atoms with Crippen LogP contribution < -0.4 is 10.5 Å². The van der Waals surface area contributed by atoms with Crippen LogP contribution in [-0.4, -0.2) is 60.9 Å². The van der Waals surface area contributed by atoms with Crippen molar-refractivity contribution in [3.63, 3.8) is 0 Å². The Morgan fingerprint density at radius 2 is 2.00 bits per heavy atom. The third kappa shape index (κ3) is 10.4. The van der Waals surface area contributed by atoms with Gasteiger partial charge in [-0.05, 0) is 69.1 Å². The summed E-state index contributed by atoms with van der Waals surface area (Å²) < 4.78 is 12.1. The van der Waals surface area contributed by atoms with Gasteiger partial charge in [0.15, 0.2) is 0 Å². The maximum absolute atomic E-state index is 13.2. The second kappa shape index (κ2) is 16.6. The summed E-state index contributed by atoms with van der Waals surface area (Å²) in [5, 5.41) is 9.06. The highest BCUT2D eigenvalue weighted by molar-refractivity contribution is 5.84. The Balaban J connectivity index is 2.21. The number of hydrazone groups is 1. The number of amidine groups is 1. The fourth-order valence-electron chi connectivity index (χ4n) is 5.28. The van der Waals surface area contributed by atoms with E-state index in [-0.39, 0.29) is 31.3 Å². The van der Waals surface area contributed by atoms with Crippen molar-refractivity contribution in [3.8, 4) is 5.75 Å². The molecule has 0 radical (unpaired) electrons. The van der Waals surface area contributed by atoms with E-state index < -0.39 is 5.60 Å². The normalized spacial score (nSPS) is 16.3. The van der Waals surface area contributed by atoms with E-state index in [2.05, 4.69) is 33.2 Å². The summed E-state index contributed by atoms with van der Waals surface area (Å²) in [6.45, 7) is 6.56. The van der Waals surface area contributed by atoms with Crippen LogP contribution in [0.4, 0.5) is 0 Å². The van der Waals surface area contributed by atoms with Crippen molar-refractivity contribution in [1.82, 2.24) is 9.99 Å². The number of carbonyl (C=O) groups is 1. The van der Waals surface area contributed by atoms with E-state index in [4.69, 9.17) is 15.2 Å². The van der Waals surface area contributed by atoms with Gasteiger partial charge in [-0.15, -0.1) is 0 Å². The number of nitrogens with zero attached hydrogens (tertiary/aromatic N) is 5. The van der Waals surface area contributed by atoms with Crippen LogP contribution in [0, 0.1) is 10.8 Å². The van der Waals surface area contributed by atoms with E-state index >= 15 is 0 Å². The first-order chi connectivity index (χ1) is 18.8. The average Bonchev–Trinajstić information content (AvgIpc) is 3.46. The van der Waals surface area contributed by atoms with E-state index in [1.165, 1.54) is 0 Å². The van der Waals surface area contributed by atoms with Crippen molar-refractivity contribution < 1.29 is 14.3 Å². The molecule has 1 atom stereocenters. The lowest BCUT2D eigenvalue weighted by molar-refractivity contribution is -0.168. The quantitative estimate of drug-likeness (QED) is 0.0941. The van der Waals surface area contributed by atoms with Gasteiger partial charge in [0.05, 0.1) is 25.8 Å². The summed E-state index contributed by atoms with van der Waals surface area (Å²) in [7, 11) is 3.48. The smallest absolute Gasteiger partial charge is 0.306 e. The average molecular weight is 543 g/mol. The second-order valence-corrected chi connectivity index (χ2v) is 10.1. The van der Waals surface area contributed by atoms with Gasteiger partial charge in [0.1, 0.15) is 17.2 Å². The molecule has 0 saturated heterocycles. The number of pyridine rings is 1. The number of nitrogens with two attached hydrogens (primary N) is 1. The molecule has 1 aromatic rings. The minimum atomic E-state index is -0.775. The lowest BCUT2D eigenvalue weighted by atomic mass is 9.78. The predicted molar refractivity (Wildman–Crippen MR) is 156 cm³/mol. The van der Waals surface area contributed by atoms with Crippen LogP contribution >= 0.6 is 0 Å². The molecule has 1 saturated carbocycles. The van der Waals surface area contributed by atoms with Gasteiger partial charge >= 0.3 is 5.97 Å². The number of carbonyl (C=O) groups excluding carboxylic acids is 1. The zero-order valence-electron chi connectivity index (χ0n) is 24.3. The molecule has 0 aromatic carbocycles. The Morgan fingerprint density at radius 1 is 1.26 bits per heavy atom. The molecule has 10 heteroatoms. The molecule has 2 rings (SSSR count). The Bertz CT molecular complexity index is 1020. The van der Waals surface area contributed by atoms with Gasteiger partial charge in [0.2, 0.25) is 0 Å². The zero-order chi connectivity index (χ0) is 28.7. The first kappa shape index (κ1) is 31.9. The molecular formula is C29H46N6O4. The van der Waals surface area contributed by atoms with E-state index in [0.29, 0.717) is 31.7 Å². The Labute approximate surface area is 233 Å². The van der Waals surface area contributed by atoms with E-state index in [1.54, 1.807) is 37.7 Å². The van der Waals surface area contributed by atoms with Crippen LogP contribution in [0.3, 0.4) is 0 Å². The van der Waals surface area contributed by atoms with Crippen molar-refractivity contribution in [2.75, 3.05) is 27.2 Å². The minimum Gasteiger partial charge on any atom is -0.492 e. The van der Waals surface area contributed by atoms with Crippen LogP contribution in [0.2, 0.25) is 0 Å². The standard InChI is InChI=1S/C29H46N6O4/c1-6-25-18-23(26(20-32-25)38-7-2)14-15-29(16-17-33-37,24-10-8-9-11-24)39-28(36)13-12-27(30)34-35(5)21-22(3)19-31-4/h18-21,24H,6-17H2,1-5H3,(H2,30,34)/b22-21-,31-19?. The maximum Gasteiger partial charge on any atom is 0.306 e. The van der Waals surface area contributed by atoms with Gasteiger partial charge in [-0.1, -0.05) is 24.9 Å². The first-order valence-corrected chi connectivity index (χ1v) is 14.0. The van der Waals surface area contributed by atoms with E-state index in [9.17, 15) is 9.70 Å². The number of aliphatic imine (C=N–C) groups is 1. The van der Waals surface area contributed by atoms with Crippen LogP contribution in [0.25, 0.3) is 0 Å². The number of ether oxygens (including phenoxy) is 2. The zero-order valence-corrected chi connectivity index (χ0v) is 24.3. The maximum atomic E-state index is 13.2. The molecule has 39 heavy (non-hydrogen) atoms. The van der Waals surface area contributed by atoms with Crippen LogP contribution in [0.15, 0.2) is 39.3 Å². The number of allylic oxidation sites excluding steroid dienone is 1. The molecule has 1 fully saturated rings. The van der Waals surface area contributed by atoms with Crippen molar-refractivity contribution in [1.29, 1.82) is 0 Å². The van der Waals surface area contributed by atoms with E-state index in [0.717, 1.165) is 54.7 Å². The SMILES string of the molecule is CCOc1cnc(CC)cc1CCC(CCN=O)(OC(=O)CC/C(N)=N/N(C)/C=C(/C)C=NC)C1CCCC1. The fraction of sp³-hybridized carbons (Fsp3) is 0.655.